The smallest absolute Gasteiger partial charge is 0.163 e. The molecule has 0 aliphatic rings. The molecule has 0 radical (unpaired) electrons. The first kappa shape index (κ1) is 15.8. The zero-order chi connectivity index (χ0) is 15.4. The van der Waals surface area contributed by atoms with Crippen LogP contribution in [-0.4, -0.2) is 19.3 Å². The van der Waals surface area contributed by atoms with E-state index in [-0.39, 0.29) is 5.56 Å². The third-order valence-corrected chi connectivity index (χ3v) is 3.73. The predicted octanol–water partition coefficient (Wildman–Crippen LogP) is 3.88. The fraction of sp³-hybridized carbons (Fsp3) is 0.250. The Morgan fingerprint density at radius 2 is 1.67 bits per heavy atom. The summed E-state index contributed by atoms with van der Waals surface area (Å²) in [4.78, 5) is 0. The first-order chi connectivity index (χ1) is 10.0. The van der Waals surface area contributed by atoms with Crippen LogP contribution in [0.2, 0.25) is 0 Å². The molecule has 1 N–H and O–H groups in total. The summed E-state index contributed by atoms with van der Waals surface area (Å²) in [6, 6.07) is 10.2. The Balaban J connectivity index is 2.26. The number of hydrogen-bond donors (Lipinski definition) is 1. The molecule has 2 aromatic carbocycles. The minimum atomic E-state index is -0.953. The number of ether oxygens (including phenoxy) is 2. The summed E-state index contributed by atoms with van der Waals surface area (Å²) in [6.45, 7) is 0. The van der Waals surface area contributed by atoms with Crippen molar-refractivity contribution in [3.05, 3.63) is 57.8 Å². The second kappa shape index (κ2) is 6.91. The maximum atomic E-state index is 14.1. The van der Waals surface area contributed by atoms with Gasteiger partial charge in [0.25, 0.3) is 0 Å². The van der Waals surface area contributed by atoms with Gasteiger partial charge in [0.05, 0.1) is 20.3 Å². The van der Waals surface area contributed by atoms with E-state index in [2.05, 4.69) is 15.9 Å². The molecule has 2 aromatic rings. The molecule has 0 amide bonds. The molecule has 0 bridgehead atoms. The van der Waals surface area contributed by atoms with Crippen LogP contribution in [0.25, 0.3) is 0 Å². The van der Waals surface area contributed by atoms with Crippen molar-refractivity contribution in [1.29, 1.82) is 0 Å². The third-order valence-electron chi connectivity index (χ3n) is 3.20. The molecule has 0 fully saturated rings. The molecule has 1 atom stereocenters. The number of halogens is 2. The average Bonchev–Trinajstić information content (AvgIpc) is 2.49. The molecule has 0 saturated heterocycles. The normalized spacial score (nSPS) is 12.0. The lowest BCUT2D eigenvalue weighted by Crippen LogP contribution is -2.06. The summed E-state index contributed by atoms with van der Waals surface area (Å²) in [7, 11) is 2.91. The Morgan fingerprint density at radius 1 is 1.10 bits per heavy atom. The lowest BCUT2D eigenvalue weighted by Gasteiger charge is -2.15. The second-order valence-corrected chi connectivity index (χ2v) is 5.49. The summed E-state index contributed by atoms with van der Waals surface area (Å²) in [6.07, 6.45) is -0.634. The molecule has 2 rings (SSSR count). The fourth-order valence-electron chi connectivity index (χ4n) is 2.08. The number of aliphatic hydroxyl groups is 1. The van der Waals surface area contributed by atoms with E-state index in [0.29, 0.717) is 17.9 Å². The van der Waals surface area contributed by atoms with E-state index >= 15 is 0 Å². The number of hydrogen-bond acceptors (Lipinski definition) is 3. The predicted molar refractivity (Wildman–Crippen MR) is 82.3 cm³/mol. The van der Waals surface area contributed by atoms with Crippen molar-refractivity contribution in [2.75, 3.05) is 14.2 Å². The fourth-order valence-corrected chi connectivity index (χ4v) is 2.34. The van der Waals surface area contributed by atoms with Crippen molar-refractivity contribution in [1.82, 2.24) is 0 Å². The van der Waals surface area contributed by atoms with E-state index in [0.717, 1.165) is 10.0 Å². The second-order valence-electron chi connectivity index (χ2n) is 4.58. The summed E-state index contributed by atoms with van der Waals surface area (Å²) in [5.41, 5.74) is 1.11. The summed E-state index contributed by atoms with van der Waals surface area (Å²) < 4.78 is 25.2. The average molecular weight is 355 g/mol. The van der Waals surface area contributed by atoms with Crippen LogP contribution in [0, 0.1) is 5.82 Å². The van der Waals surface area contributed by atoms with Crippen molar-refractivity contribution >= 4 is 15.9 Å². The van der Waals surface area contributed by atoms with Gasteiger partial charge in [-0.25, -0.2) is 4.39 Å². The number of methoxy groups -OCH3 is 2. The monoisotopic (exact) mass is 354 g/mol. The molecule has 0 saturated carbocycles. The van der Waals surface area contributed by atoms with Crippen LogP contribution in [0.4, 0.5) is 4.39 Å². The Labute approximate surface area is 131 Å². The zero-order valence-corrected chi connectivity index (χ0v) is 13.4. The molecule has 112 valence electrons. The van der Waals surface area contributed by atoms with Crippen LogP contribution in [0.1, 0.15) is 17.2 Å². The van der Waals surface area contributed by atoms with Crippen LogP contribution < -0.4 is 9.47 Å². The number of rotatable bonds is 5. The third kappa shape index (κ3) is 3.74. The van der Waals surface area contributed by atoms with Gasteiger partial charge in [-0.15, -0.1) is 0 Å². The highest BCUT2D eigenvalue weighted by atomic mass is 79.9. The topological polar surface area (TPSA) is 38.7 Å². The molecule has 1 unspecified atom stereocenters. The van der Waals surface area contributed by atoms with Gasteiger partial charge >= 0.3 is 0 Å². The Kier molecular flexibility index (Phi) is 5.20. The van der Waals surface area contributed by atoms with Crippen LogP contribution in [-0.2, 0) is 6.42 Å². The van der Waals surface area contributed by atoms with Gasteiger partial charge in [0.2, 0.25) is 0 Å². The molecule has 3 nitrogen and oxygen atoms in total. The van der Waals surface area contributed by atoms with Crippen molar-refractivity contribution < 1.29 is 19.0 Å². The van der Waals surface area contributed by atoms with Gasteiger partial charge in [-0.2, -0.15) is 0 Å². The van der Waals surface area contributed by atoms with Crippen LogP contribution in [0.15, 0.2) is 40.9 Å². The Bertz CT molecular complexity index is 614. The van der Waals surface area contributed by atoms with E-state index in [1.54, 1.807) is 0 Å². The van der Waals surface area contributed by atoms with Gasteiger partial charge < -0.3 is 14.6 Å². The molecule has 0 aliphatic heterocycles. The van der Waals surface area contributed by atoms with Gasteiger partial charge in [0, 0.05) is 22.5 Å². The molecule has 21 heavy (non-hydrogen) atoms. The van der Waals surface area contributed by atoms with E-state index < -0.39 is 11.9 Å². The summed E-state index contributed by atoms with van der Waals surface area (Å²) in [5.74, 6) is 0.176. The standard InChI is InChI=1S/C16H16BrFO3/c1-20-15-8-12(13(18)9-16(15)21-2)14(19)7-10-3-5-11(17)6-4-10/h3-6,8-9,14,19H,7H2,1-2H3. The van der Waals surface area contributed by atoms with E-state index in [1.165, 1.54) is 26.4 Å². The zero-order valence-electron chi connectivity index (χ0n) is 11.8. The highest BCUT2D eigenvalue weighted by molar-refractivity contribution is 9.10. The van der Waals surface area contributed by atoms with E-state index in [1.807, 2.05) is 24.3 Å². The van der Waals surface area contributed by atoms with Gasteiger partial charge in [0.1, 0.15) is 5.82 Å². The SMILES string of the molecule is COc1cc(F)c(C(O)Cc2ccc(Br)cc2)cc1OC. The van der Waals surface area contributed by atoms with Crippen molar-refractivity contribution in [3.63, 3.8) is 0 Å². The minimum Gasteiger partial charge on any atom is -0.493 e. The molecule has 0 spiro atoms. The van der Waals surface area contributed by atoms with Crippen LogP contribution >= 0.6 is 15.9 Å². The van der Waals surface area contributed by atoms with E-state index in [4.69, 9.17) is 9.47 Å². The van der Waals surface area contributed by atoms with Crippen LogP contribution in [0.3, 0.4) is 0 Å². The van der Waals surface area contributed by atoms with Gasteiger partial charge in [-0.1, -0.05) is 28.1 Å². The number of aliphatic hydroxyl groups excluding tert-OH is 1. The summed E-state index contributed by atoms with van der Waals surface area (Å²) in [5, 5.41) is 10.3. The molecule has 0 aliphatic carbocycles. The molecular formula is C16H16BrFO3. The van der Waals surface area contributed by atoms with Crippen LogP contribution in [0.5, 0.6) is 11.5 Å². The first-order valence-electron chi connectivity index (χ1n) is 6.39. The van der Waals surface area contributed by atoms with Gasteiger partial charge in [0.15, 0.2) is 11.5 Å². The maximum Gasteiger partial charge on any atom is 0.163 e. The first-order valence-corrected chi connectivity index (χ1v) is 7.18. The van der Waals surface area contributed by atoms with Crippen molar-refractivity contribution in [2.45, 2.75) is 12.5 Å². The number of benzene rings is 2. The summed E-state index contributed by atoms with van der Waals surface area (Å²) >= 11 is 3.35. The largest absolute Gasteiger partial charge is 0.493 e. The van der Waals surface area contributed by atoms with E-state index in [9.17, 15) is 9.50 Å². The van der Waals surface area contributed by atoms with Crippen molar-refractivity contribution in [2.24, 2.45) is 0 Å². The lowest BCUT2D eigenvalue weighted by atomic mass is 10.0. The maximum absolute atomic E-state index is 14.1. The molecule has 0 heterocycles. The molecular weight excluding hydrogens is 339 g/mol. The quantitative estimate of drug-likeness (QED) is 0.885. The molecule has 5 heteroatoms. The van der Waals surface area contributed by atoms with Crippen molar-refractivity contribution in [3.8, 4) is 11.5 Å². The lowest BCUT2D eigenvalue weighted by molar-refractivity contribution is 0.173. The van der Waals surface area contributed by atoms with Gasteiger partial charge in [-0.05, 0) is 23.8 Å². The Morgan fingerprint density at radius 3 is 2.24 bits per heavy atom. The highest BCUT2D eigenvalue weighted by Gasteiger charge is 2.18. The highest BCUT2D eigenvalue weighted by Crippen LogP contribution is 2.33. The van der Waals surface area contributed by atoms with Gasteiger partial charge in [-0.3, -0.25) is 0 Å². The minimum absolute atomic E-state index is 0.190. The Hall–Kier alpha value is -1.59. The molecule has 0 aromatic heterocycles.